The molecule has 0 N–H and O–H groups in total. The summed E-state index contributed by atoms with van der Waals surface area (Å²) in [6, 6.07) is 0. The first-order chi connectivity index (χ1) is 11.6. The highest BCUT2D eigenvalue weighted by Gasteiger charge is 2.78. The second kappa shape index (κ2) is 4.33. The van der Waals surface area contributed by atoms with Crippen LogP contribution in [0.1, 0.15) is 51.9 Å². The van der Waals surface area contributed by atoms with Crippen LogP contribution in [-0.4, -0.2) is 30.6 Å². The van der Waals surface area contributed by atoms with Crippen molar-refractivity contribution in [3.63, 3.8) is 0 Å². The fourth-order valence-corrected chi connectivity index (χ4v) is 6.99. The average Bonchev–Trinajstić information content (AvgIpc) is 3.17. The molecular formula is C20H26O4. The van der Waals surface area contributed by atoms with Crippen molar-refractivity contribution in [3.05, 3.63) is 11.6 Å². The van der Waals surface area contributed by atoms with Crippen molar-refractivity contribution < 1.29 is 19.0 Å². The van der Waals surface area contributed by atoms with Gasteiger partial charge in [0.2, 0.25) is 11.6 Å². The summed E-state index contributed by atoms with van der Waals surface area (Å²) in [7, 11) is 0. The number of fused-ring (bicyclic) bond motifs is 5. The first-order valence-corrected chi connectivity index (χ1v) is 9.78. The summed E-state index contributed by atoms with van der Waals surface area (Å²) in [6.45, 7) is 3.53. The maximum absolute atomic E-state index is 12.4. The topological polar surface area (TPSA) is 48.1 Å². The van der Waals surface area contributed by atoms with E-state index in [-0.39, 0.29) is 5.41 Å². The van der Waals surface area contributed by atoms with Gasteiger partial charge in [-0.3, -0.25) is 4.79 Å². The molecule has 0 amide bonds. The van der Waals surface area contributed by atoms with E-state index in [1.165, 1.54) is 12.8 Å². The molecule has 6 aliphatic rings. The summed E-state index contributed by atoms with van der Waals surface area (Å²) in [4.78, 5) is 12.4. The molecule has 7 atom stereocenters. The molecule has 0 bridgehead atoms. The van der Waals surface area contributed by atoms with Crippen molar-refractivity contribution in [2.75, 3.05) is 13.2 Å². The van der Waals surface area contributed by atoms with Gasteiger partial charge in [0.25, 0.3) is 0 Å². The van der Waals surface area contributed by atoms with Gasteiger partial charge in [0.1, 0.15) is 5.78 Å². The molecule has 5 fully saturated rings. The van der Waals surface area contributed by atoms with Crippen molar-refractivity contribution in [2.24, 2.45) is 29.1 Å². The number of carbonyl (C=O) groups excluding carboxylic acids is 1. The Kier molecular flexibility index (Phi) is 2.61. The van der Waals surface area contributed by atoms with Gasteiger partial charge in [-0.25, -0.2) is 0 Å². The van der Waals surface area contributed by atoms with Crippen molar-refractivity contribution >= 4 is 5.78 Å². The van der Waals surface area contributed by atoms with Crippen LogP contribution in [0.2, 0.25) is 0 Å². The van der Waals surface area contributed by atoms with E-state index in [1.54, 1.807) is 5.57 Å². The maximum Gasteiger partial charge on any atom is 0.227 e. The molecule has 3 saturated carbocycles. The Labute approximate surface area is 142 Å². The predicted molar refractivity (Wildman–Crippen MR) is 85.9 cm³/mol. The van der Waals surface area contributed by atoms with Crippen LogP contribution < -0.4 is 0 Å². The molecule has 0 aromatic heterocycles. The molecule has 24 heavy (non-hydrogen) atoms. The number of hydrogen-bond acceptors (Lipinski definition) is 4. The zero-order chi connectivity index (χ0) is 16.2. The highest BCUT2D eigenvalue weighted by atomic mass is 16.9. The van der Waals surface area contributed by atoms with Gasteiger partial charge in [-0.2, -0.15) is 0 Å². The fraction of sp³-hybridized carbons (Fsp3) is 0.850. The molecule has 2 heterocycles. The molecule has 130 valence electrons. The molecule has 4 nitrogen and oxygen atoms in total. The van der Waals surface area contributed by atoms with Gasteiger partial charge in [-0.1, -0.05) is 18.6 Å². The second-order valence-corrected chi connectivity index (χ2v) is 9.16. The standard InChI is InChI=1S/C20H26O4/c1-18-7-6-13-14(16(18)4-5-17(18)21)3-2-12-10-19-20(24-19,11-15(12)13)23-9-8-22-19/h6,12,14-16H,2-5,7-11H2,1H3/t12?,14-,15+,16+,18+,19-,20?/m1/s1. The molecule has 2 unspecified atom stereocenters. The van der Waals surface area contributed by atoms with Crippen LogP contribution in [0.15, 0.2) is 11.6 Å². The lowest BCUT2D eigenvalue weighted by Crippen LogP contribution is -2.50. The van der Waals surface area contributed by atoms with E-state index in [1.807, 2.05) is 0 Å². The van der Waals surface area contributed by atoms with E-state index in [2.05, 4.69) is 13.0 Å². The van der Waals surface area contributed by atoms with Gasteiger partial charge < -0.3 is 14.2 Å². The normalized spacial score (nSPS) is 57.9. The lowest BCUT2D eigenvalue weighted by Gasteiger charge is -2.50. The van der Waals surface area contributed by atoms with E-state index in [9.17, 15) is 4.79 Å². The third kappa shape index (κ3) is 1.55. The lowest BCUT2D eigenvalue weighted by atomic mass is 9.54. The monoisotopic (exact) mass is 330 g/mol. The highest BCUT2D eigenvalue weighted by Crippen LogP contribution is 2.68. The van der Waals surface area contributed by atoms with Gasteiger partial charge in [-0.05, 0) is 49.4 Å². The Balaban J connectivity index is 1.35. The van der Waals surface area contributed by atoms with Crippen LogP contribution in [0.5, 0.6) is 0 Å². The minimum atomic E-state index is -0.457. The lowest BCUT2D eigenvalue weighted by molar-refractivity contribution is -0.172. The van der Waals surface area contributed by atoms with E-state index in [0.29, 0.717) is 42.7 Å². The van der Waals surface area contributed by atoms with Gasteiger partial charge in [0.15, 0.2) is 0 Å². The molecule has 0 aromatic rings. The van der Waals surface area contributed by atoms with Crippen LogP contribution in [0, 0.1) is 29.1 Å². The van der Waals surface area contributed by atoms with Crippen molar-refractivity contribution in [2.45, 2.75) is 63.4 Å². The van der Waals surface area contributed by atoms with Gasteiger partial charge in [-0.15, -0.1) is 0 Å². The van der Waals surface area contributed by atoms with Crippen molar-refractivity contribution in [1.29, 1.82) is 0 Å². The molecule has 0 spiro atoms. The maximum atomic E-state index is 12.4. The number of ether oxygens (including phenoxy) is 3. The van der Waals surface area contributed by atoms with E-state index >= 15 is 0 Å². The molecular weight excluding hydrogens is 304 g/mol. The minimum absolute atomic E-state index is 0.0851. The molecule has 0 aromatic carbocycles. The molecule has 6 rings (SSSR count). The van der Waals surface area contributed by atoms with Crippen LogP contribution in [-0.2, 0) is 19.0 Å². The summed E-state index contributed by atoms with van der Waals surface area (Å²) < 4.78 is 18.1. The number of Topliss-reactive ketones (excluding diaryl/α,β-unsaturated/α-hetero) is 1. The zero-order valence-corrected chi connectivity index (χ0v) is 14.4. The predicted octanol–water partition coefficient (Wildman–Crippen LogP) is 3.21. The number of epoxide rings is 1. The largest absolute Gasteiger partial charge is 0.343 e. The minimum Gasteiger partial charge on any atom is -0.343 e. The Hall–Kier alpha value is -0.710. The van der Waals surface area contributed by atoms with Crippen LogP contribution in [0.3, 0.4) is 0 Å². The first-order valence-electron chi connectivity index (χ1n) is 9.78. The Morgan fingerprint density at radius 3 is 2.67 bits per heavy atom. The zero-order valence-electron chi connectivity index (χ0n) is 14.4. The second-order valence-electron chi connectivity index (χ2n) is 9.16. The Morgan fingerprint density at radius 2 is 1.83 bits per heavy atom. The van der Waals surface area contributed by atoms with Crippen LogP contribution >= 0.6 is 0 Å². The fourth-order valence-electron chi connectivity index (χ4n) is 6.99. The molecule has 4 heteroatoms. The summed E-state index contributed by atoms with van der Waals surface area (Å²) >= 11 is 0. The number of ketones is 1. The number of allylic oxidation sites excluding steroid dienone is 2. The quantitative estimate of drug-likeness (QED) is 0.505. The first kappa shape index (κ1) is 14.5. The van der Waals surface area contributed by atoms with Gasteiger partial charge >= 0.3 is 0 Å². The smallest absolute Gasteiger partial charge is 0.227 e. The number of carbonyl (C=O) groups is 1. The van der Waals surface area contributed by atoms with E-state index in [4.69, 9.17) is 14.2 Å². The van der Waals surface area contributed by atoms with Crippen molar-refractivity contribution in [3.8, 4) is 0 Å². The summed E-state index contributed by atoms with van der Waals surface area (Å²) in [6.07, 6.45) is 9.71. The molecule has 2 aliphatic heterocycles. The van der Waals surface area contributed by atoms with Gasteiger partial charge in [0, 0.05) is 24.7 Å². The van der Waals surface area contributed by atoms with Crippen molar-refractivity contribution in [1.82, 2.24) is 0 Å². The SMILES string of the molecule is C[C@]12CC=C3[C@H]4CC56OCCO[C@]5(CC4CC[C@H]3[C@@H]1CCC2=O)O6. The highest BCUT2D eigenvalue weighted by molar-refractivity contribution is 5.87. The van der Waals surface area contributed by atoms with Crippen LogP contribution in [0.25, 0.3) is 0 Å². The summed E-state index contributed by atoms with van der Waals surface area (Å²) in [5.74, 6) is 2.03. The molecule has 4 aliphatic carbocycles. The number of hydrogen-bond donors (Lipinski definition) is 0. The Bertz CT molecular complexity index is 656. The molecule has 2 saturated heterocycles. The van der Waals surface area contributed by atoms with E-state index < -0.39 is 11.6 Å². The Morgan fingerprint density at radius 1 is 1.04 bits per heavy atom. The molecule has 0 radical (unpaired) electrons. The average molecular weight is 330 g/mol. The summed E-state index contributed by atoms with van der Waals surface area (Å²) in [5.41, 5.74) is 1.55. The third-order valence-electron chi connectivity index (χ3n) is 8.30. The van der Waals surface area contributed by atoms with E-state index in [0.717, 1.165) is 32.1 Å². The summed E-state index contributed by atoms with van der Waals surface area (Å²) in [5, 5.41) is 0. The number of rotatable bonds is 0. The van der Waals surface area contributed by atoms with Crippen LogP contribution in [0.4, 0.5) is 0 Å². The van der Waals surface area contributed by atoms with Gasteiger partial charge in [0.05, 0.1) is 13.2 Å². The third-order valence-corrected chi connectivity index (χ3v) is 8.30.